The topological polar surface area (TPSA) is 81.4 Å². The number of amides is 2. The van der Waals surface area contributed by atoms with Gasteiger partial charge in [0.15, 0.2) is 0 Å². The van der Waals surface area contributed by atoms with E-state index in [-0.39, 0.29) is 16.5 Å². The Morgan fingerprint density at radius 2 is 1.86 bits per heavy atom. The third kappa shape index (κ3) is 3.77. The van der Waals surface area contributed by atoms with Gasteiger partial charge in [-0.25, -0.2) is 0 Å². The van der Waals surface area contributed by atoms with Crippen molar-refractivity contribution in [1.82, 2.24) is 0 Å². The third-order valence-electron chi connectivity index (χ3n) is 2.92. The molecule has 2 amide bonds. The molecule has 2 aromatic carbocycles. The van der Waals surface area contributed by atoms with Gasteiger partial charge in [0, 0.05) is 11.3 Å². The van der Waals surface area contributed by atoms with Crippen LogP contribution in [-0.2, 0) is 0 Å². The first kappa shape index (κ1) is 15.9. The zero-order chi connectivity index (χ0) is 16.1. The molecule has 0 aliphatic rings. The van der Waals surface area contributed by atoms with Crippen LogP contribution in [0.2, 0.25) is 5.02 Å². The molecule has 114 valence electrons. The standard InChI is InChI=1S/C16H15ClN2O3/c1-2-22-12-6-3-10(4-7-12)16(21)19-11-5-8-13(15(18)20)14(17)9-11/h3-9H,2H2,1H3,(H2,18,20)(H,19,21). The van der Waals surface area contributed by atoms with Crippen LogP contribution in [0.3, 0.4) is 0 Å². The summed E-state index contributed by atoms with van der Waals surface area (Å²) >= 11 is 5.94. The van der Waals surface area contributed by atoms with Gasteiger partial charge < -0.3 is 15.8 Å². The fraction of sp³-hybridized carbons (Fsp3) is 0.125. The van der Waals surface area contributed by atoms with Crippen molar-refractivity contribution in [3.8, 4) is 5.75 Å². The largest absolute Gasteiger partial charge is 0.494 e. The summed E-state index contributed by atoms with van der Waals surface area (Å²) in [5.41, 5.74) is 6.35. The molecule has 0 aliphatic carbocycles. The lowest BCUT2D eigenvalue weighted by Gasteiger charge is -2.08. The highest BCUT2D eigenvalue weighted by Crippen LogP contribution is 2.21. The number of anilines is 1. The van der Waals surface area contributed by atoms with E-state index in [1.807, 2.05) is 6.92 Å². The molecule has 0 atom stereocenters. The average Bonchev–Trinajstić information content (AvgIpc) is 2.48. The van der Waals surface area contributed by atoms with Gasteiger partial charge in [-0.1, -0.05) is 11.6 Å². The van der Waals surface area contributed by atoms with E-state index in [0.717, 1.165) is 0 Å². The van der Waals surface area contributed by atoms with Crippen molar-refractivity contribution in [2.75, 3.05) is 11.9 Å². The molecule has 0 radical (unpaired) electrons. The highest BCUT2D eigenvalue weighted by Gasteiger charge is 2.10. The Morgan fingerprint density at radius 3 is 2.41 bits per heavy atom. The Labute approximate surface area is 133 Å². The van der Waals surface area contributed by atoms with E-state index in [9.17, 15) is 9.59 Å². The highest BCUT2D eigenvalue weighted by molar-refractivity contribution is 6.34. The highest BCUT2D eigenvalue weighted by atomic mass is 35.5. The van der Waals surface area contributed by atoms with Gasteiger partial charge in [0.05, 0.1) is 17.2 Å². The van der Waals surface area contributed by atoms with Crippen LogP contribution in [0.15, 0.2) is 42.5 Å². The maximum atomic E-state index is 12.1. The molecule has 0 unspecified atom stereocenters. The van der Waals surface area contributed by atoms with Gasteiger partial charge in [0.2, 0.25) is 5.91 Å². The summed E-state index contributed by atoms with van der Waals surface area (Å²) in [7, 11) is 0. The van der Waals surface area contributed by atoms with Crippen molar-refractivity contribution < 1.29 is 14.3 Å². The predicted octanol–water partition coefficient (Wildman–Crippen LogP) is 3.09. The van der Waals surface area contributed by atoms with Gasteiger partial charge in [-0.05, 0) is 49.4 Å². The van der Waals surface area contributed by atoms with Crippen molar-refractivity contribution in [3.63, 3.8) is 0 Å². The summed E-state index contributed by atoms with van der Waals surface area (Å²) in [5, 5.41) is 2.89. The number of benzene rings is 2. The summed E-state index contributed by atoms with van der Waals surface area (Å²) in [5.74, 6) is -0.201. The van der Waals surface area contributed by atoms with Crippen LogP contribution in [0.5, 0.6) is 5.75 Å². The Morgan fingerprint density at radius 1 is 1.18 bits per heavy atom. The number of nitrogens with two attached hydrogens (primary N) is 1. The van der Waals surface area contributed by atoms with Crippen molar-refractivity contribution >= 4 is 29.1 Å². The Kier molecular flexibility index (Phi) is 5.01. The summed E-state index contributed by atoms with van der Waals surface area (Å²) < 4.78 is 5.32. The Bertz CT molecular complexity index is 699. The smallest absolute Gasteiger partial charge is 0.255 e. The van der Waals surface area contributed by atoms with E-state index in [2.05, 4.69) is 5.32 Å². The lowest BCUT2D eigenvalue weighted by molar-refractivity contribution is 0.0998. The molecule has 0 aromatic heterocycles. The molecule has 5 nitrogen and oxygen atoms in total. The Balaban J connectivity index is 2.11. The number of halogens is 1. The SMILES string of the molecule is CCOc1ccc(C(=O)Nc2ccc(C(N)=O)c(Cl)c2)cc1. The predicted molar refractivity (Wildman–Crippen MR) is 85.5 cm³/mol. The molecule has 0 spiro atoms. The molecule has 0 saturated heterocycles. The molecule has 2 aromatic rings. The summed E-state index contributed by atoms with van der Waals surface area (Å²) in [6.07, 6.45) is 0. The number of rotatable bonds is 5. The van der Waals surface area contributed by atoms with Crippen molar-refractivity contribution in [2.45, 2.75) is 6.92 Å². The minimum absolute atomic E-state index is 0.192. The van der Waals surface area contributed by atoms with Crippen LogP contribution in [0.25, 0.3) is 0 Å². The molecule has 2 rings (SSSR count). The van der Waals surface area contributed by atoms with Gasteiger partial charge in [-0.15, -0.1) is 0 Å². The first-order chi connectivity index (χ1) is 10.5. The van der Waals surface area contributed by atoms with Crippen LogP contribution < -0.4 is 15.8 Å². The van der Waals surface area contributed by atoms with E-state index in [0.29, 0.717) is 23.6 Å². The second kappa shape index (κ2) is 6.95. The summed E-state index contributed by atoms with van der Waals surface area (Å²) in [6, 6.07) is 11.3. The molecule has 0 fully saturated rings. The number of ether oxygens (including phenoxy) is 1. The zero-order valence-corrected chi connectivity index (χ0v) is 12.7. The van der Waals surface area contributed by atoms with Crippen molar-refractivity contribution in [1.29, 1.82) is 0 Å². The molecule has 0 bridgehead atoms. The van der Waals surface area contributed by atoms with Gasteiger partial charge in [-0.3, -0.25) is 9.59 Å². The molecule has 3 N–H and O–H groups in total. The number of carbonyl (C=O) groups excluding carboxylic acids is 2. The van der Waals surface area contributed by atoms with E-state index < -0.39 is 5.91 Å². The van der Waals surface area contributed by atoms with Crippen LogP contribution in [-0.4, -0.2) is 18.4 Å². The fourth-order valence-electron chi connectivity index (χ4n) is 1.87. The average molecular weight is 319 g/mol. The summed E-state index contributed by atoms with van der Waals surface area (Å²) in [6.45, 7) is 2.45. The Hall–Kier alpha value is -2.53. The summed E-state index contributed by atoms with van der Waals surface area (Å²) in [4.78, 5) is 23.2. The van der Waals surface area contributed by atoms with Crippen LogP contribution in [0, 0.1) is 0 Å². The molecule has 6 heteroatoms. The first-order valence-electron chi connectivity index (χ1n) is 6.65. The van der Waals surface area contributed by atoms with Gasteiger partial charge >= 0.3 is 0 Å². The third-order valence-corrected chi connectivity index (χ3v) is 3.23. The first-order valence-corrected chi connectivity index (χ1v) is 7.02. The van der Waals surface area contributed by atoms with Crippen molar-refractivity contribution in [3.05, 3.63) is 58.6 Å². The molecule has 0 aliphatic heterocycles. The van der Waals surface area contributed by atoms with E-state index in [1.165, 1.54) is 12.1 Å². The van der Waals surface area contributed by atoms with Gasteiger partial charge in [0.25, 0.3) is 5.91 Å². The van der Waals surface area contributed by atoms with Crippen LogP contribution in [0.1, 0.15) is 27.6 Å². The van der Waals surface area contributed by atoms with E-state index >= 15 is 0 Å². The molecule has 0 saturated carbocycles. The molecular formula is C16H15ClN2O3. The van der Waals surface area contributed by atoms with Crippen molar-refractivity contribution in [2.24, 2.45) is 5.73 Å². The number of hydrogen-bond acceptors (Lipinski definition) is 3. The lowest BCUT2D eigenvalue weighted by Crippen LogP contribution is -2.14. The fourth-order valence-corrected chi connectivity index (χ4v) is 2.14. The zero-order valence-electron chi connectivity index (χ0n) is 11.9. The number of primary amides is 1. The van der Waals surface area contributed by atoms with Gasteiger partial charge in [0.1, 0.15) is 5.75 Å². The van der Waals surface area contributed by atoms with E-state index in [4.69, 9.17) is 22.1 Å². The van der Waals surface area contributed by atoms with Gasteiger partial charge in [-0.2, -0.15) is 0 Å². The number of nitrogens with one attached hydrogen (secondary N) is 1. The second-order valence-electron chi connectivity index (χ2n) is 4.47. The monoisotopic (exact) mass is 318 g/mol. The van der Waals surface area contributed by atoms with Crippen LogP contribution >= 0.6 is 11.6 Å². The van der Waals surface area contributed by atoms with Crippen LogP contribution in [0.4, 0.5) is 5.69 Å². The maximum Gasteiger partial charge on any atom is 0.255 e. The molecular weight excluding hydrogens is 304 g/mol. The molecule has 22 heavy (non-hydrogen) atoms. The van der Waals surface area contributed by atoms with E-state index in [1.54, 1.807) is 30.3 Å². The second-order valence-corrected chi connectivity index (χ2v) is 4.88. The minimum atomic E-state index is -0.616. The number of carbonyl (C=O) groups is 2. The minimum Gasteiger partial charge on any atom is -0.494 e. The molecule has 0 heterocycles. The lowest BCUT2D eigenvalue weighted by atomic mass is 10.1. The quantitative estimate of drug-likeness (QED) is 0.888. The number of hydrogen-bond donors (Lipinski definition) is 2. The maximum absolute atomic E-state index is 12.1. The normalized spacial score (nSPS) is 10.1.